The second-order valence-electron chi connectivity index (χ2n) is 9.69. The third kappa shape index (κ3) is 8.01. The summed E-state index contributed by atoms with van der Waals surface area (Å²) in [6.45, 7) is 15.5. The van der Waals surface area contributed by atoms with E-state index in [1.165, 1.54) is 12.1 Å². The van der Waals surface area contributed by atoms with Crippen LogP contribution in [0.2, 0.25) is 18.1 Å². The van der Waals surface area contributed by atoms with Crippen molar-refractivity contribution in [3.63, 3.8) is 0 Å². The zero-order valence-corrected chi connectivity index (χ0v) is 19.6. The molecule has 0 saturated heterocycles. The van der Waals surface area contributed by atoms with Crippen molar-refractivity contribution in [2.45, 2.75) is 72.0 Å². The highest BCUT2D eigenvalue weighted by atomic mass is 28.4. The van der Waals surface area contributed by atoms with E-state index in [1.54, 1.807) is 20.8 Å². The van der Waals surface area contributed by atoms with Crippen molar-refractivity contribution >= 4 is 14.3 Å². The van der Waals surface area contributed by atoms with Crippen LogP contribution in [0.4, 0.5) is 13.2 Å². The fourth-order valence-corrected chi connectivity index (χ4v) is 3.37. The third-order valence-corrected chi connectivity index (χ3v) is 9.41. The van der Waals surface area contributed by atoms with E-state index in [1.807, 2.05) is 0 Å². The Morgan fingerprint density at radius 1 is 1.03 bits per heavy atom. The first kappa shape index (κ1) is 25.5. The zero-order valence-electron chi connectivity index (χ0n) is 18.6. The van der Waals surface area contributed by atoms with Crippen LogP contribution in [0, 0.1) is 5.41 Å². The van der Waals surface area contributed by atoms with Gasteiger partial charge in [-0.1, -0.05) is 26.8 Å². The minimum atomic E-state index is -4.45. The Labute approximate surface area is 172 Å². The Kier molecular flexibility index (Phi) is 7.98. The van der Waals surface area contributed by atoms with Gasteiger partial charge >= 0.3 is 12.1 Å². The van der Waals surface area contributed by atoms with Crippen molar-refractivity contribution < 1.29 is 31.9 Å². The molecule has 8 heteroatoms. The second-order valence-corrected chi connectivity index (χ2v) is 14.4. The summed E-state index contributed by atoms with van der Waals surface area (Å²) < 4.78 is 56.0. The van der Waals surface area contributed by atoms with Gasteiger partial charge in [-0.2, -0.15) is 13.2 Å². The second kappa shape index (κ2) is 9.08. The van der Waals surface area contributed by atoms with Crippen molar-refractivity contribution in [3.8, 4) is 5.75 Å². The lowest BCUT2D eigenvalue weighted by Crippen LogP contribution is -2.47. The number of benzene rings is 1. The van der Waals surface area contributed by atoms with E-state index in [9.17, 15) is 18.0 Å². The van der Waals surface area contributed by atoms with E-state index in [2.05, 4.69) is 33.9 Å². The molecule has 0 aliphatic rings. The minimum absolute atomic E-state index is 0.0226. The molecule has 1 rings (SSSR count). The number of carbonyl (C=O) groups is 1. The molecule has 29 heavy (non-hydrogen) atoms. The summed E-state index contributed by atoms with van der Waals surface area (Å²) >= 11 is 0. The molecule has 1 aromatic rings. The fourth-order valence-electron chi connectivity index (χ4n) is 2.05. The average molecular weight is 435 g/mol. The summed E-state index contributed by atoms with van der Waals surface area (Å²) in [6, 6.07) is 4.69. The monoisotopic (exact) mass is 434 g/mol. The molecule has 0 aromatic heterocycles. The topological polar surface area (TPSA) is 44.8 Å². The van der Waals surface area contributed by atoms with Crippen molar-refractivity contribution in [3.05, 3.63) is 29.8 Å². The fraction of sp³-hybridized carbons (Fsp3) is 0.667. The molecule has 0 spiro atoms. The highest BCUT2D eigenvalue weighted by molar-refractivity contribution is 6.74. The molecule has 1 aromatic carbocycles. The smallest absolute Gasteiger partial charge is 0.416 e. The van der Waals surface area contributed by atoms with E-state index in [0.717, 1.165) is 12.1 Å². The molecule has 4 nitrogen and oxygen atoms in total. The van der Waals surface area contributed by atoms with Crippen LogP contribution in [0.25, 0.3) is 0 Å². The maximum atomic E-state index is 12.9. The standard InChI is InChI=1S/C21H33F3O4Si/c1-19(2,3)18(25)27-14-17(28-29(7,8)20(4,5)6)13-26-16-11-9-10-15(12-16)21(22,23)24/h9-12,17H,13-14H2,1-8H3/t17-/m0/s1. The van der Waals surface area contributed by atoms with E-state index in [4.69, 9.17) is 13.9 Å². The Morgan fingerprint density at radius 2 is 1.62 bits per heavy atom. The lowest BCUT2D eigenvalue weighted by molar-refractivity contribution is -0.156. The number of halogens is 3. The maximum Gasteiger partial charge on any atom is 0.416 e. The quantitative estimate of drug-likeness (QED) is 0.386. The Bertz CT molecular complexity index is 688. The number of hydrogen-bond donors (Lipinski definition) is 0. The van der Waals surface area contributed by atoms with Gasteiger partial charge in [0.1, 0.15) is 25.1 Å². The number of ether oxygens (including phenoxy) is 2. The lowest BCUT2D eigenvalue weighted by Gasteiger charge is -2.39. The van der Waals surface area contributed by atoms with Gasteiger partial charge in [-0.05, 0) is 57.1 Å². The molecule has 0 saturated carbocycles. The van der Waals surface area contributed by atoms with Crippen molar-refractivity contribution in [1.29, 1.82) is 0 Å². The Hall–Kier alpha value is -1.54. The van der Waals surface area contributed by atoms with Crippen LogP contribution in [-0.2, 0) is 20.1 Å². The van der Waals surface area contributed by atoms with Crippen LogP contribution < -0.4 is 4.74 Å². The van der Waals surface area contributed by atoms with Gasteiger partial charge in [0.05, 0.1) is 11.0 Å². The number of carbonyl (C=O) groups excluding carboxylic acids is 1. The van der Waals surface area contributed by atoms with Crippen LogP contribution in [-0.4, -0.2) is 33.6 Å². The molecular weight excluding hydrogens is 401 g/mol. The normalized spacial score (nSPS) is 14.4. The van der Waals surface area contributed by atoms with Crippen molar-refractivity contribution in [2.75, 3.05) is 13.2 Å². The first-order valence-electron chi connectivity index (χ1n) is 9.58. The van der Waals surface area contributed by atoms with E-state index < -0.39 is 31.6 Å². The summed E-state index contributed by atoms with van der Waals surface area (Å²) in [5.41, 5.74) is -1.44. The van der Waals surface area contributed by atoms with E-state index >= 15 is 0 Å². The van der Waals surface area contributed by atoms with Gasteiger partial charge < -0.3 is 13.9 Å². The third-order valence-electron chi connectivity index (χ3n) is 4.88. The van der Waals surface area contributed by atoms with Crippen LogP contribution in [0.1, 0.15) is 47.1 Å². The lowest BCUT2D eigenvalue weighted by atomic mass is 9.97. The molecule has 0 bridgehead atoms. The largest absolute Gasteiger partial charge is 0.491 e. The summed E-state index contributed by atoms with van der Waals surface area (Å²) in [5.74, 6) is -0.286. The van der Waals surface area contributed by atoms with Gasteiger partial charge in [-0.3, -0.25) is 4.79 Å². The number of alkyl halides is 3. The molecule has 0 heterocycles. The molecule has 166 valence electrons. The van der Waals surface area contributed by atoms with E-state index in [0.29, 0.717) is 0 Å². The average Bonchev–Trinajstić information content (AvgIpc) is 2.54. The van der Waals surface area contributed by atoms with E-state index in [-0.39, 0.29) is 30.0 Å². The summed E-state index contributed by atoms with van der Waals surface area (Å²) in [6.07, 6.45) is -5.03. The molecule has 0 aliphatic heterocycles. The summed E-state index contributed by atoms with van der Waals surface area (Å²) in [4.78, 5) is 12.1. The molecule has 0 N–H and O–H groups in total. The van der Waals surface area contributed by atoms with Crippen LogP contribution in [0.15, 0.2) is 24.3 Å². The SMILES string of the molecule is CC(C)(C)C(=O)OC[C@H](COc1cccc(C(F)(F)F)c1)O[Si](C)(C)C(C)(C)C. The van der Waals surface area contributed by atoms with Crippen LogP contribution >= 0.6 is 0 Å². The highest BCUT2D eigenvalue weighted by Gasteiger charge is 2.40. The summed E-state index contributed by atoms with van der Waals surface area (Å²) in [7, 11) is -2.22. The predicted molar refractivity (Wildman–Crippen MR) is 109 cm³/mol. The molecule has 0 aliphatic carbocycles. The molecule has 0 amide bonds. The Balaban J connectivity index is 2.92. The first-order chi connectivity index (χ1) is 12.9. The highest BCUT2D eigenvalue weighted by Crippen LogP contribution is 2.37. The maximum absolute atomic E-state index is 12.9. The molecule has 1 atom stereocenters. The van der Waals surface area contributed by atoms with Gasteiger partial charge in [-0.15, -0.1) is 0 Å². The molecule has 0 radical (unpaired) electrons. The predicted octanol–water partition coefficient (Wildman–Crippen LogP) is 6.06. The van der Waals surface area contributed by atoms with Crippen LogP contribution in [0.5, 0.6) is 5.75 Å². The van der Waals surface area contributed by atoms with Gasteiger partial charge in [0.2, 0.25) is 0 Å². The van der Waals surface area contributed by atoms with Gasteiger partial charge in [0.25, 0.3) is 0 Å². The van der Waals surface area contributed by atoms with Gasteiger partial charge in [0, 0.05) is 0 Å². The first-order valence-corrected chi connectivity index (χ1v) is 12.5. The zero-order chi connectivity index (χ0) is 22.7. The number of rotatable bonds is 7. The van der Waals surface area contributed by atoms with Crippen LogP contribution in [0.3, 0.4) is 0 Å². The number of hydrogen-bond acceptors (Lipinski definition) is 4. The van der Waals surface area contributed by atoms with Crippen molar-refractivity contribution in [1.82, 2.24) is 0 Å². The summed E-state index contributed by atoms with van der Waals surface area (Å²) in [5, 5.41) is -0.0878. The van der Waals surface area contributed by atoms with Gasteiger partial charge in [0.15, 0.2) is 8.32 Å². The Morgan fingerprint density at radius 3 is 2.10 bits per heavy atom. The van der Waals surface area contributed by atoms with Gasteiger partial charge in [-0.25, -0.2) is 0 Å². The molecule has 0 fully saturated rings. The molecule has 0 unspecified atom stereocenters. The minimum Gasteiger partial charge on any atom is -0.491 e. The van der Waals surface area contributed by atoms with Crippen molar-refractivity contribution in [2.24, 2.45) is 5.41 Å². The number of esters is 1. The molecular formula is C21H33F3O4Si.